The molecule has 0 aromatic heterocycles. The molecule has 142 valence electrons. The van der Waals surface area contributed by atoms with Crippen LogP contribution in [-0.4, -0.2) is 18.5 Å². The summed E-state index contributed by atoms with van der Waals surface area (Å²) in [6, 6.07) is 20.8. The van der Waals surface area contributed by atoms with E-state index in [0.29, 0.717) is 27.8 Å². The first kappa shape index (κ1) is 19.9. The van der Waals surface area contributed by atoms with Gasteiger partial charge in [-0.2, -0.15) is 0 Å². The molecule has 0 saturated carbocycles. The fraction of sp³-hybridized carbons (Fsp3) is 0.0476. The van der Waals surface area contributed by atoms with Crippen LogP contribution < -0.4 is 10.1 Å². The number of para-hydroxylation sites is 1. The first-order chi connectivity index (χ1) is 13.5. The number of nitrogens with one attached hydrogen (secondary N) is 1. The Hall–Kier alpha value is -2.83. The quantitative estimate of drug-likeness (QED) is 0.480. The van der Waals surface area contributed by atoms with Crippen molar-refractivity contribution in [3.63, 3.8) is 0 Å². The molecule has 5 nitrogen and oxygen atoms in total. The van der Waals surface area contributed by atoms with E-state index < -0.39 is 18.5 Å². The molecular formula is C21H15BrClNO4. The van der Waals surface area contributed by atoms with Gasteiger partial charge in [-0.1, -0.05) is 29.8 Å². The highest BCUT2D eigenvalue weighted by molar-refractivity contribution is 9.10. The van der Waals surface area contributed by atoms with Gasteiger partial charge in [-0.15, -0.1) is 0 Å². The van der Waals surface area contributed by atoms with Crippen LogP contribution in [0.25, 0.3) is 0 Å². The maximum Gasteiger partial charge on any atom is 0.338 e. The van der Waals surface area contributed by atoms with Gasteiger partial charge in [0.25, 0.3) is 5.91 Å². The lowest BCUT2D eigenvalue weighted by molar-refractivity contribution is -0.119. The van der Waals surface area contributed by atoms with E-state index in [1.165, 1.54) is 0 Å². The van der Waals surface area contributed by atoms with Crippen LogP contribution in [0.5, 0.6) is 11.5 Å². The van der Waals surface area contributed by atoms with Gasteiger partial charge in [0.2, 0.25) is 0 Å². The van der Waals surface area contributed by atoms with Gasteiger partial charge in [-0.25, -0.2) is 4.79 Å². The van der Waals surface area contributed by atoms with Crippen LogP contribution in [-0.2, 0) is 9.53 Å². The number of rotatable bonds is 6. The van der Waals surface area contributed by atoms with E-state index in [1.807, 2.05) is 30.3 Å². The summed E-state index contributed by atoms with van der Waals surface area (Å²) in [6.45, 7) is -0.408. The molecule has 3 aromatic carbocycles. The molecule has 1 amide bonds. The number of ether oxygens (including phenoxy) is 2. The van der Waals surface area contributed by atoms with Crippen molar-refractivity contribution >= 4 is 45.1 Å². The Balaban J connectivity index is 1.51. The van der Waals surface area contributed by atoms with Gasteiger partial charge >= 0.3 is 5.97 Å². The number of halogens is 2. The molecule has 0 saturated heterocycles. The average Bonchev–Trinajstić information content (AvgIpc) is 2.70. The Kier molecular flexibility index (Phi) is 6.68. The summed E-state index contributed by atoms with van der Waals surface area (Å²) in [7, 11) is 0. The zero-order valence-corrected chi connectivity index (χ0v) is 16.9. The number of benzene rings is 3. The molecule has 0 heterocycles. The SMILES string of the molecule is O=C(COC(=O)c1ccc(Oc2ccccc2)cc1)Nc1ccc(Br)c(Cl)c1. The fourth-order valence-corrected chi connectivity index (χ4v) is 2.70. The summed E-state index contributed by atoms with van der Waals surface area (Å²) in [5.41, 5.74) is 0.830. The van der Waals surface area contributed by atoms with Crippen molar-refractivity contribution < 1.29 is 19.1 Å². The third-order valence-electron chi connectivity index (χ3n) is 3.61. The van der Waals surface area contributed by atoms with Gasteiger partial charge in [0.05, 0.1) is 10.6 Å². The predicted octanol–water partition coefficient (Wildman–Crippen LogP) is 5.69. The lowest BCUT2D eigenvalue weighted by Gasteiger charge is -2.08. The summed E-state index contributed by atoms with van der Waals surface area (Å²) in [5.74, 6) is 0.223. The van der Waals surface area contributed by atoms with Crippen LogP contribution in [0.2, 0.25) is 5.02 Å². The maximum absolute atomic E-state index is 12.1. The molecular weight excluding hydrogens is 446 g/mol. The Morgan fingerprint density at radius 1 is 0.929 bits per heavy atom. The van der Waals surface area contributed by atoms with Gasteiger partial charge in [-0.3, -0.25) is 4.79 Å². The average molecular weight is 461 g/mol. The highest BCUT2D eigenvalue weighted by Crippen LogP contribution is 2.25. The molecule has 0 aliphatic heterocycles. The van der Waals surface area contributed by atoms with E-state index in [0.717, 1.165) is 4.47 Å². The van der Waals surface area contributed by atoms with Crippen molar-refractivity contribution in [2.45, 2.75) is 0 Å². The first-order valence-electron chi connectivity index (χ1n) is 8.26. The molecule has 3 rings (SSSR count). The second-order valence-corrected chi connectivity index (χ2v) is 6.95. The summed E-state index contributed by atoms with van der Waals surface area (Å²) in [6.07, 6.45) is 0. The van der Waals surface area contributed by atoms with Crippen molar-refractivity contribution in [1.82, 2.24) is 0 Å². The monoisotopic (exact) mass is 459 g/mol. The number of hydrogen-bond acceptors (Lipinski definition) is 4. The number of amides is 1. The van der Waals surface area contributed by atoms with Gasteiger partial charge in [0.1, 0.15) is 11.5 Å². The Labute approximate surface area is 175 Å². The molecule has 0 fully saturated rings. The molecule has 1 N–H and O–H groups in total. The van der Waals surface area contributed by atoms with E-state index in [-0.39, 0.29) is 0 Å². The van der Waals surface area contributed by atoms with Gasteiger partial charge < -0.3 is 14.8 Å². The van der Waals surface area contributed by atoms with Crippen LogP contribution in [0.15, 0.2) is 77.3 Å². The molecule has 7 heteroatoms. The van der Waals surface area contributed by atoms with Crippen LogP contribution in [0.4, 0.5) is 5.69 Å². The highest BCUT2D eigenvalue weighted by Gasteiger charge is 2.11. The smallest absolute Gasteiger partial charge is 0.338 e. The second-order valence-electron chi connectivity index (χ2n) is 5.69. The molecule has 0 atom stereocenters. The van der Waals surface area contributed by atoms with E-state index in [4.69, 9.17) is 21.1 Å². The lowest BCUT2D eigenvalue weighted by atomic mass is 10.2. The van der Waals surface area contributed by atoms with Gasteiger partial charge in [0.15, 0.2) is 6.61 Å². The van der Waals surface area contributed by atoms with Crippen molar-refractivity contribution in [3.05, 3.63) is 87.9 Å². The molecule has 0 spiro atoms. The van der Waals surface area contributed by atoms with E-state index in [2.05, 4.69) is 21.2 Å². The van der Waals surface area contributed by atoms with Crippen molar-refractivity contribution in [2.75, 3.05) is 11.9 Å². The summed E-state index contributed by atoms with van der Waals surface area (Å²) >= 11 is 9.25. The lowest BCUT2D eigenvalue weighted by Crippen LogP contribution is -2.20. The van der Waals surface area contributed by atoms with Crippen LogP contribution >= 0.6 is 27.5 Å². The van der Waals surface area contributed by atoms with Gasteiger partial charge in [-0.05, 0) is 70.5 Å². The van der Waals surface area contributed by atoms with Crippen molar-refractivity contribution in [2.24, 2.45) is 0 Å². The first-order valence-corrected chi connectivity index (χ1v) is 9.43. The third kappa shape index (κ3) is 5.58. The Morgan fingerprint density at radius 2 is 1.61 bits per heavy atom. The third-order valence-corrected chi connectivity index (χ3v) is 4.84. The molecule has 0 radical (unpaired) electrons. The van der Waals surface area contributed by atoms with E-state index in [9.17, 15) is 9.59 Å². The van der Waals surface area contributed by atoms with E-state index in [1.54, 1.807) is 42.5 Å². The number of carbonyl (C=O) groups is 2. The minimum Gasteiger partial charge on any atom is -0.457 e. The minimum atomic E-state index is -0.602. The summed E-state index contributed by atoms with van der Waals surface area (Å²) in [5, 5.41) is 3.08. The van der Waals surface area contributed by atoms with Crippen molar-refractivity contribution in [3.8, 4) is 11.5 Å². The molecule has 3 aromatic rings. The van der Waals surface area contributed by atoms with Gasteiger partial charge in [0, 0.05) is 10.2 Å². The molecule has 0 aliphatic carbocycles. The highest BCUT2D eigenvalue weighted by atomic mass is 79.9. The van der Waals surface area contributed by atoms with Crippen LogP contribution in [0, 0.1) is 0 Å². The summed E-state index contributed by atoms with van der Waals surface area (Å²) in [4.78, 5) is 24.0. The Morgan fingerprint density at radius 3 is 2.29 bits per heavy atom. The maximum atomic E-state index is 12.1. The summed E-state index contributed by atoms with van der Waals surface area (Å²) < 4.78 is 11.4. The predicted molar refractivity (Wildman–Crippen MR) is 111 cm³/mol. The number of carbonyl (C=O) groups excluding carboxylic acids is 2. The van der Waals surface area contributed by atoms with E-state index >= 15 is 0 Å². The number of hydrogen-bond donors (Lipinski definition) is 1. The minimum absolute atomic E-state index is 0.319. The number of anilines is 1. The molecule has 0 unspecified atom stereocenters. The zero-order valence-electron chi connectivity index (χ0n) is 14.5. The zero-order chi connectivity index (χ0) is 19.9. The van der Waals surface area contributed by atoms with Crippen LogP contribution in [0.1, 0.15) is 10.4 Å². The largest absolute Gasteiger partial charge is 0.457 e. The Bertz CT molecular complexity index is 977. The topological polar surface area (TPSA) is 64.6 Å². The van der Waals surface area contributed by atoms with Crippen LogP contribution in [0.3, 0.4) is 0 Å². The molecule has 28 heavy (non-hydrogen) atoms. The second kappa shape index (κ2) is 9.39. The molecule has 0 bridgehead atoms. The molecule has 0 aliphatic rings. The normalized spacial score (nSPS) is 10.2. The number of esters is 1. The standard InChI is InChI=1S/C21H15BrClNO4/c22-18-11-8-15(12-19(18)23)24-20(25)13-27-21(26)14-6-9-17(10-7-14)28-16-4-2-1-3-5-16/h1-12H,13H2,(H,24,25). The fourth-order valence-electron chi connectivity index (χ4n) is 2.27. The van der Waals surface area contributed by atoms with Crippen molar-refractivity contribution in [1.29, 1.82) is 0 Å².